The number of fused-ring (bicyclic) bond motifs is 1. The summed E-state index contributed by atoms with van der Waals surface area (Å²) >= 11 is 6.40. The molecule has 0 aliphatic carbocycles. The van der Waals surface area contributed by atoms with Crippen LogP contribution >= 0.6 is 11.6 Å². The minimum Gasteiger partial charge on any atom is -0.381 e. The number of benzene rings is 1. The summed E-state index contributed by atoms with van der Waals surface area (Å²) in [5.74, 6) is 1.91. The Bertz CT molecular complexity index is 1470. The van der Waals surface area contributed by atoms with Crippen molar-refractivity contribution in [2.75, 3.05) is 26.3 Å². The molecule has 38 heavy (non-hydrogen) atoms. The number of carbonyl (C=O) groups is 1. The summed E-state index contributed by atoms with van der Waals surface area (Å²) < 4.78 is 12.9. The van der Waals surface area contributed by atoms with Crippen LogP contribution in [-0.2, 0) is 11.2 Å². The first-order valence-corrected chi connectivity index (χ1v) is 13.6. The maximum atomic E-state index is 13.5. The minimum atomic E-state index is -0.0444. The van der Waals surface area contributed by atoms with Gasteiger partial charge in [0.25, 0.3) is 5.91 Å². The summed E-state index contributed by atoms with van der Waals surface area (Å²) in [4.78, 5) is 24.9. The normalized spacial score (nSPS) is 17.4. The molecule has 2 fully saturated rings. The molecule has 1 aromatic carbocycles. The van der Waals surface area contributed by atoms with Gasteiger partial charge in [-0.1, -0.05) is 35.0 Å². The molecule has 10 heteroatoms. The highest BCUT2D eigenvalue weighted by Crippen LogP contribution is 2.31. The number of amides is 1. The number of ether oxygens (including phenoxy) is 1. The lowest BCUT2D eigenvalue weighted by Gasteiger charge is -2.30. The Hall–Kier alpha value is -3.30. The smallest absolute Gasteiger partial charge is 0.259 e. The fourth-order valence-corrected chi connectivity index (χ4v) is 5.79. The average Bonchev–Trinajstić information content (AvgIpc) is 3.60. The standard InChI is InChI=1S/C28H31ClN6O3/c1-17-22(15-21-5-3-4-6-24(21)29)18(2)35-26(31-17)23(16-30-35)28(36)34-11-7-20(8-12-34)27-32-25(33-38-27)19-9-13-37-14-10-19/h3-6,16,19-20H,7-15H2,1-2H3. The van der Waals surface area contributed by atoms with E-state index in [1.165, 1.54) is 0 Å². The van der Waals surface area contributed by atoms with Gasteiger partial charge >= 0.3 is 0 Å². The van der Waals surface area contributed by atoms with Crippen molar-refractivity contribution in [1.29, 1.82) is 0 Å². The van der Waals surface area contributed by atoms with Crippen LogP contribution in [0.5, 0.6) is 0 Å². The summed E-state index contributed by atoms with van der Waals surface area (Å²) in [6, 6.07) is 7.82. The van der Waals surface area contributed by atoms with E-state index in [9.17, 15) is 4.79 Å². The number of piperidine rings is 1. The van der Waals surface area contributed by atoms with E-state index in [4.69, 9.17) is 30.8 Å². The van der Waals surface area contributed by atoms with E-state index >= 15 is 0 Å². The van der Waals surface area contributed by atoms with Crippen molar-refractivity contribution in [3.63, 3.8) is 0 Å². The number of likely N-dealkylation sites (tertiary alicyclic amines) is 1. The van der Waals surface area contributed by atoms with Crippen molar-refractivity contribution in [3.8, 4) is 0 Å². The van der Waals surface area contributed by atoms with Crippen molar-refractivity contribution in [2.24, 2.45) is 0 Å². The summed E-state index contributed by atoms with van der Waals surface area (Å²) in [5, 5.41) is 9.52. The van der Waals surface area contributed by atoms with E-state index in [0.29, 0.717) is 42.5 Å². The van der Waals surface area contributed by atoms with E-state index in [0.717, 1.165) is 72.3 Å². The molecule has 198 valence electrons. The molecular weight excluding hydrogens is 504 g/mol. The van der Waals surface area contributed by atoms with Gasteiger partial charge in [0.1, 0.15) is 5.56 Å². The lowest BCUT2D eigenvalue weighted by molar-refractivity contribution is 0.0706. The zero-order valence-corrected chi connectivity index (χ0v) is 22.4. The predicted molar refractivity (Wildman–Crippen MR) is 142 cm³/mol. The highest BCUT2D eigenvalue weighted by atomic mass is 35.5. The van der Waals surface area contributed by atoms with E-state index in [1.807, 2.05) is 43.0 Å². The van der Waals surface area contributed by atoms with Crippen LogP contribution in [0.4, 0.5) is 0 Å². The van der Waals surface area contributed by atoms with Crippen LogP contribution in [0.15, 0.2) is 35.0 Å². The zero-order valence-electron chi connectivity index (χ0n) is 21.7. The van der Waals surface area contributed by atoms with Crippen LogP contribution in [0.3, 0.4) is 0 Å². The molecule has 2 aliphatic heterocycles. The Morgan fingerprint density at radius 2 is 1.82 bits per heavy atom. The van der Waals surface area contributed by atoms with Gasteiger partial charge in [-0.05, 0) is 56.7 Å². The highest BCUT2D eigenvalue weighted by molar-refractivity contribution is 6.31. The Morgan fingerprint density at radius 1 is 1.05 bits per heavy atom. The quantitative estimate of drug-likeness (QED) is 0.359. The molecule has 0 atom stereocenters. The molecule has 2 saturated heterocycles. The summed E-state index contributed by atoms with van der Waals surface area (Å²) in [7, 11) is 0. The molecule has 4 aromatic rings. The minimum absolute atomic E-state index is 0.0444. The third-order valence-corrected chi connectivity index (χ3v) is 8.31. The molecule has 0 unspecified atom stereocenters. The number of aromatic nitrogens is 5. The molecule has 3 aromatic heterocycles. The Kier molecular flexibility index (Phi) is 6.88. The average molecular weight is 535 g/mol. The summed E-state index contributed by atoms with van der Waals surface area (Å²) in [6.07, 6.45) is 5.73. The fraction of sp³-hybridized carbons (Fsp3) is 0.464. The van der Waals surface area contributed by atoms with Crippen LogP contribution in [-0.4, -0.2) is 61.8 Å². The second-order valence-electron chi connectivity index (χ2n) is 10.3. The SMILES string of the molecule is Cc1nc2c(C(=O)N3CCC(c4nc(C5CCOCC5)no4)CC3)cnn2c(C)c1Cc1ccccc1Cl. The molecule has 0 bridgehead atoms. The van der Waals surface area contributed by atoms with Gasteiger partial charge in [-0.25, -0.2) is 9.50 Å². The number of nitrogens with zero attached hydrogens (tertiary/aromatic N) is 6. The lowest BCUT2D eigenvalue weighted by Crippen LogP contribution is -2.38. The zero-order chi connectivity index (χ0) is 26.2. The molecule has 1 amide bonds. The van der Waals surface area contributed by atoms with Crippen molar-refractivity contribution < 1.29 is 14.1 Å². The second-order valence-corrected chi connectivity index (χ2v) is 10.7. The van der Waals surface area contributed by atoms with Gasteiger partial charge < -0.3 is 14.2 Å². The Morgan fingerprint density at radius 3 is 2.58 bits per heavy atom. The van der Waals surface area contributed by atoms with Gasteiger partial charge in [-0.15, -0.1) is 0 Å². The number of hydrogen-bond acceptors (Lipinski definition) is 7. The topological polar surface area (TPSA) is 98.7 Å². The predicted octanol–water partition coefficient (Wildman–Crippen LogP) is 4.89. The van der Waals surface area contributed by atoms with Gasteiger partial charge in [-0.2, -0.15) is 10.1 Å². The summed E-state index contributed by atoms with van der Waals surface area (Å²) in [5.41, 5.74) is 5.05. The van der Waals surface area contributed by atoms with E-state index in [-0.39, 0.29) is 11.8 Å². The van der Waals surface area contributed by atoms with Crippen molar-refractivity contribution in [3.05, 3.63) is 75.3 Å². The molecule has 0 saturated carbocycles. The van der Waals surface area contributed by atoms with E-state index in [1.54, 1.807) is 10.7 Å². The third kappa shape index (κ3) is 4.69. The van der Waals surface area contributed by atoms with Crippen molar-refractivity contribution >= 4 is 23.2 Å². The lowest BCUT2D eigenvalue weighted by atomic mass is 9.96. The number of aryl methyl sites for hydroxylation is 2. The Balaban J connectivity index is 1.16. The van der Waals surface area contributed by atoms with Crippen LogP contribution in [0, 0.1) is 13.8 Å². The van der Waals surface area contributed by atoms with Gasteiger partial charge in [0.05, 0.1) is 6.20 Å². The van der Waals surface area contributed by atoms with Crippen LogP contribution in [0.25, 0.3) is 5.65 Å². The van der Waals surface area contributed by atoms with Crippen LogP contribution in [0.1, 0.15) is 82.1 Å². The van der Waals surface area contributed by atoms with Crippen LogP contribution in [0.2, 0.25) is 5.02 Å². The number of hydrogen-bond donors (Lipinski definition) is 0. The molecular formula is C28H31ClN6O3. The highest BCUT2D eigenvalue weighted by Gasteiger charge is 2.31. The number of carbonyl (C=O) groups excluding carboxylic acids is 1. The van der Waals surface area contributed by atoms with Gasteiger partial charge in [0, 0.05) is 61.0 Å². The monoisotopic (exact) mass is 534 g/mol. The van der Waals surface area contributed by atoms with Crippen molar-refractivity contribution in [2.45, 2.75) is 57.8 Å². The van der Waals surface area contributed by atoms with E-state index in [2.05, 4.69) is 10.3 Å². The van der Waals surface area contributed by atoms with Crippen molar-refractivity contribution in [1.82, 2.24) is 29.6 Å². The largest absolute Gasteiger partial charge is 0.381 e. The molecule has 0 N–H and O–H groups in total. The first-order valence-electron chi connectivity index (χ1n) is 13.3. The summed E-state index contributed by atoms with van der Waals surface area (Å²) in [6.45, 7) is 6.73. The van der Waals surface area contributed by atoms with Gasteiger partial charge in [0.15, 0.2) is 11.5 Å². The number of rotatable bonds is 5. The molecule has 9 nitrogen and oxygen atoms in total. The second kappa shape index (κ2) is 10.5. The number of halogens is 1. The molecule has 2 aliphatic rings. The molecule has 0 radical (unpaired) electrons. The first-order chi connectivity index (χ1) is 18.5. The molecule has 0 spiro atoms. The maximum absolute atomic E-state index is 13.5. The maximum Gasteiger partial charge on any atom is 0.259 e. The first kappa shape index (κ1) is 25.0. The Labute approximate surface area is 226 Å². The molecule has 5 heterocycles. The fourth-order valence-electron chi connectivity index (χ4n) is 5.58. The van der Waals surface area contributed by atoms with Gasteiger partial charge in [0.2, 0.25) is 5.89 Å². The van der Waals surface area contributed by atoms with Crippen LogP contribution < -0.4 is 0 Å². The van der Waals surface area contributed by atoms with Gasteiger partial charge in [-0.3, -0.25) is 4.79 Å². The van der Waals surface area contributed by atoms with E-state index < -0.39 is 0 Å². The molecule has 6 rings (SSSR count). The third-order valence-electron chi connectivity index (χ3n) is 7.94.